The molecule has 1 saturated heterocycles. The van der Waals surface area contributed by atoms with E-state index >= 15 is 0 Å². The smallest absolute Gasteiger partial charge is 0.220 e. The van der Waals surface area contributed by atoms with Crippen molar-refractivity contribution in [1.29, 1.82) is 0 Å². The molecule has 1 aromatic rings. The Morgan fingerprint density at radius 1 is 1.21 bits per heavy atom. The van der Waals surface area contributed by atoms with Crippen LogP contribution in [0.25, 0.3) is 0 Å². The quantitative estimate of drug-likeness (QED) is 0.560. The normalized spacial score (nSPS) is 18.4. The minimum absolute atomic E-state index is 0. The third kappa shape index (κ3) is 8.47. The molecule has 2 atom stereocenters. The van der Waals surface area contributed by atoms with Gasteiger partial charge in [-0.3, -0.25) is 4.79 Å². The van der Waals surface area contributed by atoms with Crippen LogP contribution in [0.1, 0.15) is 51.2 Å². The number of sulfonamides is 1. The van der Waals surface area contributed by atoms with E-state index in [4.69, 9.17) is 0 Å². The van der Waals surface area contributed by atoms with Gasteiger partial charge in [-0.2, -0.15) is 0 Å². The monoisotopic (exact) mass is 431 g/mol. The molecule has 6 nitrogen and oxygen atoms in total. The molecular weight excluding hydrogens is 398 g/mol. The molecule has 1 aliphatic heterocycles. The molecule has 0 saturated carbocycles. The fourth-order valence-corrected chi connectivity index (χ4v) is 5.06. The van der Waals surface area contributed by atoms with Crippen LogP contribution in [0.15, 0.2) is 24.3 Å². The molecule has 1 amide bonds. The molecule has 1 heterocycles. The van der Waals surface area contributed by atoms with E-state index in [-0.39, 0.29) is 30.1 Å². The third-order valence-electron chi connectivity index (χ3n) is 5.00. The Labute approximate surface area is 175 Å². The van der Waals surface area contributed by atoms with Gasteiger partial charge in [-0.05, 0) is 62.7 Å². The van der Waals surface area contributed by atoms with Crippen LogP contribution in [-0.2, 0) is 27.1 Å². The Hall–Kier alpha value is -1.15. The van der Waals surface area contributed by atoms with Gasteiger partial charge in [0.05, 0.1) is 5.75 Å². The number of piperidine rings is 1. The molecule has 2 rings (SSSR count). The zero-order valence-electron chi connectivity index (χ0n) is 17.0. The summed E-state index contributed by atoms with van der Waals surface area (Å²) in [6.45, 7) is 8.13. The fourth-order valence-electron chi connectivity index (χ4n) is 3.57. The number of amides is 1. The van der Waals surface area contributed by atoms with E-state index in [2.05, 4.69) is 22.3 Å². The minimum atomic E-state index is -3.40. The summed E-state index contributed by atoms with van der Waals surface area (Å²) in [4.78, 5) is 12.3. The number of hydrogen-bond donors (Lipinski definition) is 3. The van der Waals surface area contributed by atoms with Crippen LogP contribution < -0.4 is 15.4 Å². The Morgan fingerprint density at radius 2 is 1.89 bits per heavy atom. The van der Waals surface area contributed by atoms with Gasteiger partial charge in [-0.1, -0.05) is 31.2 Å². The lowest BCUT2D eigenvalue weighted by atomic mass is 9.85. The van der Waals surface area contributed by atoms with Crippen LogP contribution in [0, 0.1) is 11.8 Å². The third-order valence-corrected chi connectivity index (χ3v) is 6.52. The van der Waals surface area contributed by atoms with Crippen LogP contribution in [0.3, 0.4) is 0 Å². The number of carbonyl (C=O) groups excluding carboxylic acids is 1. The highest BCUT2D eigenvalue weighted by atomic mass is 35.5. The highest BCUT2D eigenvalue weighted by Gasteiger charge is 2.22. The average molecular weight is 432 g/mol. The molecule has 3 N–H and O–H groups in total. The molecule has 1 aliphatic rings. The van der Waals surface area contributed by atoms with Gasteiger partial charge in [0, 0.05) is 19.0 Å². The van der Waals surface area contributed by atoms with Gasteiger partial charge >= 0.3 is 0 Å². The van der Waals surface area contributed by atoms with E-state index in [1.54, 1.807) is 19.9 Å². The summed E-state index contributed by atoms with van der Waals surface area (Å²) >= 11 is 0. The van der Waals surface area contributed by atoms with Crippen LogP contribution in [0.4, 0.5) is 0 Å². The second-order valence-electron chi connectivity index (χ2n) is 7.86. The zero-order chi connectivity index (χ0) is 19.9. The predicted molar refractivity (Wildman–Crippen MR) is 116 cm³/mol. The van der Waals surface area contributed by atoms with E-state index in [1.807, 2.05) is 18.2 Å². The fraction of sp³-hybridized carbons (Fsp3) is 0.650. The number of benzene rings is 1. The van der Waals surface area contributed by atoms with Crippen LogP contribution in [-0.4, -0.2) is 33.5 Å². The topological polar surface area (TPSA) is 87.3 Å². The standard InChI is InChI=1S/C20H33N3O3S.ClH/c1-15(2)23-27(25,26)14-19-8-5-4-7-18(19)13-22-20(24)11-16(3)17-9-6-10-21-12-17;/h4-5,7-8,15-17,21,23H,6,9-14H2,1-3H3,(H,22,24);1H. The van der Waals surface area contributed by atoms with Crippen molar-refractivity contribution in [3.8, 4) is 0 Å². The van der Waals surface area contributed by atoms with Crippen molar-refractivity contribution in [2.24, 2.45) is 11.8 Å². The molecule has 28 heavy (non-hydrogen) atoms. The largest absolute Gasteiger partial charge is 0.352 e. The van der Waals surface area contributed by atoms with Crippen molar-refractivity contribution in [2.45, 2.75) is 58.4 Å². The number of hydrogen-bond acceptors (Lipinski definition) is 4. The molecule has 0 aromatic heterocycles. The first kappa shape index (κ1) is 24.9. The summed E-state index contributed by atoms with van der Waals surface area (Å²) in [6, 6.07) is 7.22. The Kier molecular flexibility index (Phi) is 10.4. The first-order valence-electron chi connectivity index (χ1n) is 9.81. The van der Waals surface area contributed by atoms with E-state index < -0.39 is 10.0 Å². The maximum Gasteiger partial charge on any atom is 0.220 e. The second kappa shape index (κ2) is 11.8. The van der Waals surface area contributed by atoms with Crippen molar-refractivity contribution in [1.82, 2.24) is 15.4 Å². The molecule has 0 spiro atoms. The number of carbonyl (C=O) groups is 1. The maximum atomic E-state index is 12.3. The van der Waals surface area contributed by atoms with E-state index in [1.165, 1.54) is 12.8 Å². The van der Waals surface area contributed by atoms with Gasteiger partial charge in [0.1, 0.15) is 0 Å². The summed E-state index contributed by atoms with van der Waals surface area (Å²) in [5.74, 6) is 0.820. The first-order chi connectivity index (χ1) is 12.8. The number of halogens is 1. The number of rotatable bonds is 9. The predicted octanol–water partition coefficient (Wildman–Crippen LogP) is 2.58. The van der Waals surface area contributed by atoms with Gasteiger partial charge in [0.2, 0.25) is 15.9 Å². The molecule has 2 unspecified atom stereocenters. The Balaban J connectivity index is 0.00000392. The molecule has 0 aliphatic carbocycles. The molecule has 8 heteroatoms. The van der Waals surface area contributed by atoms with Gasteiger partial charge in [0.15, 0.2) is 0 Å². The van der Waals surface area contributed by atoms with Crippen molar-refractivity contribution in [3.05, 3.63) is 35.4 Å². The SMILES string of the molecule is CC(C)NS(=O)(=O)Cc1ccccc1CNC(=O)CC(C)C1CCCNC1.Cl. The van der Waals surface area contributed by atoms with Crippen LogP contribution in [0.2, 0.25) is 0 Å². The van der Waals surface area contributed by atoms with Gasteiger partial charge in [0.25, 0.3) is 0 Å². The van der Waals surface area contributed by atoms with Crippen molar-refractivity contribution >= 4 is 28.3 Å². The lowest BCUT2D eigenvalue weighted by Crippen LogP contribution is -2.35. The highest BCUT2D eigenvalue weighted by molar-refractivity contribution is 7.88. The highest BCUT2D eigenvalue weighted by Crippen LogP contribution is 2.22. The summed E-state index contributed by atoms with van der Waals surface area (Å²) in [5.41, 5.74) is 1.56. The van der Waals surface area contributed by atoms with Gasteiger partial charge in [-0.15, -0.1) is 12.4 Å². The van der Waals surface area contributed by atoms with Gasteiger partial charge < -0.3 is 10.6 Å². The van der Waals surface area contributed by atoms with Gasteiger partial charge in [-0.25, -0.2) is 13.1 Å². The van der Waals surface area contributed by atoms with E-state index in [0.717, 1.165) is 24.2 Å². The molecule has 1 fully saturated rings. The lowest BCUT2D eigenvalue weighted by Gasteiger charge is -2.28. The van der Waals surface area contributed by atoms with Crippen molar-refractivity contribution < 1.29 is 13.2 Å². The molecule has 0 bridgehead atoms. The first-order valence-corrected chi connectivity index (χ1v) is 11.5. The molecular formula is C20H34ClN3O3S. The maximum absolute atomic E-state index is 12.3. The average Bonchev–Trinajstić information content (AvgIpc) is 2.60. The zero-order valence-corrected chi connectivity index (χ0v) is 18.7. The Morgan fingerprint density at radius 3 is 2.50 bits per heavy atom. The lowest BCUT2D eigenvalue weighted by molar-refractivity contribution is -0.122. The second-order valence-corrected chi connectivity index (χ2v) is 9.62. The Bertz CT molecular complexity index is 719. The summed E-state index contributed by atoms with van der Waals surface area (Å²) in [5, 5.41) is 6.36. The number of nitrogens with one attached hydrogen (secondary N) is 3. The van der Waals surface area contributed by atoms with E-state index in [0.29, 0.717) is 24.8 Å². The van der Waals surface area contributed by atoms with Crippen molar-refractivity contribution in [3.63, 3.8) is 0 Å². The summed E-state index contributed by atoms with van der Waals surface area (Å²) < 4.78 is 27.0. The minimum Gasteiger partial charge on any atom is -0.352 e. The van der Waals surface area contributed by atoms with E-state index in [9.17, 15) is 13.2 Å². The molecule has 0 radical (unpaired) electrons. The summed E-state index contributed by atoms with van der Waals surface area (Å²) in [6.07, 6.45) is 2.84. The molecule has 1 aromatic carbocycles. The summed E-state index contributed by atoms with van der Waals surface area (Å²) in [7, 11) is -3.40. The van der Waals surface area contributed by atoms with Crippen LogP contribution >= 0.6 is 12.4 Å². The molecule has 160 valence electrons. The van der Waals surface area contributed by atoms with Crippen molar-refractivity contribution in [2.75, 3.05) is 13.1 Å². The van der Waals surface area contributed by atoms with Crippen LogP contribution in [0.5, 0.6) is 0 Å².